The number of aliphatic hydroxyl groups excluding tert-OH is 1. The van der Waals surface area contributed by atoms with Gasteiger partial charge in [0.05, 0.1) is 6.10 Å². The summed E-state index contributed by atoms with van der Waals surface area (Å²) >= 11 is 0. The fourth-order valence-corrected chi connectivity index (χ4v) is 2.64. The van der Waals surface area contributed by atoms with Crippen LogP contribution in [0.25, 0.3) is 0 Å². The van der Waals surface area contributed by atoms with Gasteiger partial charge in [0, 0.05) is 6.92 Å². The first-order valence-electron chi connectivity index (χ1n) is 8.97. The van der Waals surface area contributed by atoms with E-state index in [0.717, 1.165) is 12.8 Å². The van der Waals surface area contributed by atoms with E-state index < -0.39 is 6.10 Å². The van der Waals surface area contributed by atoms with Gasteiger partial charge in [-0.1, -0.05) is 71.6 Å². The van der Waals surface area contributed by atoms with Gasteiger partial charge in [-0.2, -0.15) is 0 Å². The molecule has 0 aromatic carbocycles. The van der Waals surface area contributed by atoms with Gasteiger partial charge in [-0.15, -0.1) is 0 Å². The standard InChI is InChI=1S/C18H36O3/c1-4-6-7-8-9-10-11-12-13-14-15-18(17(20)5-2)21-16(3)19/h17-18,20H,4-15H2,1-3H3. The lowest BCUT2D eigenvalue weighted by molar-refractivity contribution is -0.153. The summed E-state index contributed by atoms with van der Waals surface area (Å²) in [5.74, 6) is -0.292. The van der Waals surface area contributed by atoms with Gasteiger partial charge in [-0.25, -0.2) is 0 Å². The summed E-state index contributed by atoms with van der Waals surface area (Å²) in [4.78, 5) is 11.0. The van der Waals surface area contributed by atoms with E-state index in [1.165, 1.54) is 64.7 Å². The quantitative estimate of drug-likeness (QED) is 0.363. The minimum Gasteiger partial charge on any atom is -0.460 e. The molecular weight excluding hydrogens is 264 g/mol. The van der Waals surface area contributed by atoms with E-state index in [9.17, 15) is 9.90 Å². The number of unbranched alkanes of at least 4 members (excludes halogenated alkanes) is 9. The predicted molar refractivity (Wildman–Crippen MR) is 88.3 cm³/mol. The zero-order valence-corrected chi connectivity index (χ0v) is 14.4. The molecule has 2 unspecified atom stereocenters. The smallest absolute Gasteiger partial charge is 0.302 e. The SMILES string of the molecule is CCCCCCCCCCCCC(OC(C)=O)C(O)CC. The molecule has 0 aromatic heterocycles. The minimum absolute atomic E-state index is 0.292. The van der Waals surface area contributed by atoms with Crippen molar-refractivity contribution in [1.82, 2.24) is 0 Å². The topological polar surface area (TPSA) is 46.5 Å². The Morgan fingerprint density at radius 3 is 1.81 bits per heavy atom. The fraction of sp³-hybridized carbons (Fsp3) is 0.944. The summed E-state index contributed by atoms with van der Waals surface area (Å²) < 4.78 is 5.20. The number of carbonyl (C=O) groups is 1. The van der Waals surface area contributed by atoms with E-state index >= 15 is 0 Å². The van der Waals surface area contributed by atoms with Gasteiger partial charge in [0.2, 0.25) is 0 Å². The molecular formula is C18H36O3. The minimum atomic E-state index is -0.521. The van der Waals surface area contributed by atoms with E-state index in [0.29, 0.717) is 6.42 Å². The Morgan fingerprint density at radius 2 is 1.38 bits per heavy atom. The molecule has 3 nitrogen and oxygen atoms in total. The average molecular weight is 300 g/mol. The second-order valence-electron chi connectivity index (χ2n) is 6.09. The molecule has 0 aromatic rings. The summed E-state index contributed by atoms with van der Waals surface area (Å²) in [6.45, 7) is 5.58. The van der Waals surface area contributed by atoms with Gasteiger partial charge in [0.15, 0.2) is 0 Å². The van der Waals surface area contributed by atoms with Gasteiger partial charge in [0.1, 0.15) is 6.10 Å². The van der Waals surface area contributed by atoms with Crippen LogP contribution < -0.4 is 0 Å². The van der Waals surface area contributed by atoms with Crippen LogP contribution in [0.1, 0.15) is 97.8 Å². The van der Waals surface area contributed by atoms with Gasteiger partial charge < -0.3 is 9.84 Å². The molecule has 0 heterocycles. The number of rotatable bonds is 14. The number of carbonyl (C=O) groups excluding carboxylic acids is 1. The molecule has 0 aliphatic carbocycles. The number of hydrogen-bond acceptors (Lipinski definition) is 3. The average Bonchev–Trinajstić information content (AvgIpc) is 2.46. The van der Waals surface area contributed by atoms with Crippen LogP contribution >= 0.6 is 0 Å². The van der Waals surface area contributed by atoms with E-state index in [1.54, 1.807) is 0 Å². The van der Waals surface area contributed by atoms with Gasteiger partial charge in [-0.3, -0.25) is 4.79 Å². The molecule has 0 spiro atoms. The van der Waals surface area contributed by atoms with Crippen LogP contribution in [-0.2, 0) is 9.53 Å². The number of ether oxygens (including phenoxy) is 1. The van der Waals surface area contributed by atoms with Gasteiger partial charge >= 0.3 is 5.97 Å². The molecule has 0 fully saturated rings. The lowest BCUT2D eigenvalue weighted by atomic mass is 10.0. The third-order valence-corrected chi connectivity index (χ3v) is 4.01. The van der Waals surface area contributed by atoms with Crippen molar-refractivity contribution in [3.8, 4) is 0 Å². The van der Waals surface area contributed by atoms with Crippen LogP contribution in [-0.4, -0.2) is 23.3 Å². The lowest BCUT2D eigenvalue weighted by Gasteiger charge is -2.21. The first-order chi connectivity index (χ1) is 10.1. The molecule has 0 aliphatic heterocycles. The molecule has 0 amide bonds. The molecule has 0 saturated heterocycles. The van der Waals surface area contributed by atoms with Crippen molar-refractivity contribution in [2.24, 2.45) is 0 Å². The Bertz CT molecular complexity index is 241. The third kappa shape index (κ3) is 12.9. The molecule has 1 N–H and O–H groups in total. The molecule has 0 aliphatic rings. The molecule has 0 saturated carbocycles. The second kappa shape index (κ2) is 14.4. The number of esters is 1. The molecule has 0 radical (unpaired) electrons. The highest BCUT2D eigenvalue weighted by molar-refractivity contribution is 5.66. The lowest BCUT2D eigenvalue weighted by Crippen LogP contribution is -2.30. The maximum Gasteiger partial charge on any atom is 0.302 e. The van der Waals surface area contributed by atoms with Crippen LogP contribution in [0, 0.1) is 0 Å². The highest BCUT2D eigenvalue weighted by Crippen LogP contribution is 2.15. The number of aliphatic hydroxyl groups is 1. The molecule has 0 rings (SSSR count). The van der Waals surface area contributed by atoms with Crippen molar-refractivity contribution in [3.05, 3.63) is 0 Å². The molecule has 2 atom stereocenters. The second-order valence-corrected chi connectivity index (χ2v) is 6.09. The van der Waals surface area contributed by atoms with E-state index in [4.69, 9.17) is 4.74 Å². The summed E-state index contributed by atoms with van der Waals surface area (Å²) in [7, 11) is 0. The summed E-state index contributed by atoms with van der Waals surface area (Å²) in [6.07, 6.45) is 13.5. The molecule has 21 heavy (non-hydrogen) atoms. The van der Waals surface area contributed by atoms with Crippen molar-refractivity contribution in [1.29, 1.82) is 0 Å². The molecule has 0 bridgehead atoms. The van der Waals surface area contributed by atoms with E-state index in [2.05, 4.69) is 6.92 Å². The van der Waals surface area contributed by atoms with Crippen LogP contribution in [0.5, 0.6) is 0 Å². The normalized spacial score (nSPS) is 13.9. The largest absolute Gasteiger partial charge is 0.460 e. The molecule has 126 valence electrons. The van der Waals surface area contributed by atoms with Crippen molar-refractivity contribution in [2.75, 3.05) is 0 Å². The Labute approximate surface area is 131 Å². The Hall–Kier alpha value is -0.570. The first-order valence-corrected chi connectivity index (χ1v) is 8.97. The maximum absolute atomic E-state index is 11.0. The Balaban J connectivity index is 3.51. The Morgan fingerprint density at radius 1 is 0.905 bits per heavy atom. The highest BCUT2D eigenvalue weighted by atomic mass is 16.6. The first kappa shape index (κ1) is 20.4. The van der Waals surface area contributed by atoms with Crippen LogP contribution in [0.15, 0.2) is 0 Å². The van der Waals surface area contributed by atoms with Crippen LogP contribution in [0.3, 0.4) is 0 Å². The summed E-state index contributed by atoms with van der Waals surface area (Å²) in [5, 5.41) is 9.83. The highest BCUT2D eigenvalue weighted by Gasteiger charge is 2.19. The fourth-order valence-electron chi connectivity index (χ4n) is 2.64. The van der Waals surface area contributed by atoms with Crippen LogP contribution in [0.2, 0.25) is 0 Å². The third-order valence-electron chi connectivity index (χ3n) is 4.01. The Kier molecular flexibility index (Phi) is 14.0. The van der Waals surface area contributed by atoms with Gasteiger partial charge in [0.25, 0.3) is 0 Å². The zero-order valence-electron chi connectivity index (χ0n) is 14.4. The summed E-state index contributed by atoms with van der Waals surface area (Å²) in [6, 6.07) is 0. The van der Waals surface area contributed by atoms with E-state index in [1.807, 2.05) is 6.92 Å². The number of hydrogen-bond donors (Lipinski definition) is 1. The predicted octanol–water partition coefficient (Wildman–Crippen LogP) is 5.00. The molecule has 3 heteroatoms. The van der Waals surface area contributed by atoms with E-state index in [-0.39, 0.29) is 12.1 Å². The van der Waals surface area contributed by atoms with Crippen LogP contribution in [0.4, 0.5) is 0 Å². The van der Waals surface area contributed by atoms with Crippen molar-refractivity contribution >= 4 is 5.97 Å². The summed E-state index contributed by atoms with van der Waals surface area (Å²) in [5.41, 5.74) is 0. The van der Waals surface area contributed by atoms with Crippen molar-refractivity contribution in [2.45, 2.75) is 110 Å². The maximum atomic E-state index is 11.0. The van der Waals surface area contributed by atoms with Crippen molar-refractivity contribution in [3.63, 3.8) is 0 Å². The van der Waals surface area contributed by atoms with Crippen molar-refractivity contribution < 1.29 is 14.6 Å². The zero-order chi connectivity index (χ0) is 15.9. The monoisotopic (exact) mass is 300 g/mol. The van der Waals surface area contributed by atoms with Gasteiger partial charge in [-0.05, 0) is 19.3 Å².